The summed E-state index contributed by atoms with van der Waals surface area (Å²) < 4.78 is 10.6. The molecule has 0 spiro atoms. The first-order valence-corrected chi connectivity index (χ1v) is 10.9. The van der Waals surface area contributed by atoms with E-state index >= 15 is 0 Å². The van der Waals surface area contributed by atoms with Gasteiger partial charge in [-0.1, -0.05) is 62.4 Å². The van der Waals surface area contributed by atoms with Crippen molar-refractivity contribution in [3.05, 3.63) is 59.7 Å². The van der Waals surface area contributed by atoms with Crippen molar-refractivity contribution in [3.63, 3.8) is 0 Å². The number of ether oxygens (including phenoxy) is 2. The molecule has 8 heteroatoms. The van der Waals surface area contributed by atoms with Gasteiger partial charge in [-0.25, -0.2) is 4.79 Å². The van der Waals surface area contributed by atoms with Gasteiger partial charge in [-0.2, -0.15) is 0 Å². The average molecular weight is 455 g/mol. The van der Waals surface area contributed by atoms with Gasteiger partial charge in [-0.15, -0.1) is 0 Å². The van der Waals surface area contributed by atoms with Crippen LogP contribution in [0, 0.1) is 5.92 Å². The van der Waals surface area contributed by atoms with E-state index < -0.39 is 30.1 Å². The Balaban J connectivity index is 1.64. The second kappa shape index (κ2) is 11.0. The van der Waals surface area contributed by atoms with Crippen molar-refractivity contribution in [2.45, 2.75) is 38.3 Å². The van der Waals surface area contributed by atoms with E-state index in [1.165, 1.54) is 7.11 Å². The van der Waals surface area contributed by atoms with Crippen LogP contribution >= 0.6 is 0 Å². The van der Waals surface area contributed by atoms with Crippen molar-refractivity contribution in [2.24, 2.45) is 5.92 Å². The minimum Gasteiger partial charge on any atom is -0.481 e. The Labute approximate surface area is 193 Å². The van der Waals surface area contributed by atoms with E-state index in [0.29, 0.717) is 0 Å². The lowest BCUT2D eigenvalue weighted by Crippen LogP contribution is -2.53. The zero-order chi connectivity index (χ0) is 24.0. The van der Waals surface area contributed by atoms with Crippen LogP contribution in [-0.2, 0) is 19.1 Å². The molecule has 0 fully saturated rings. The minimum absolute atomic E-state index is 0.0755. The standard InChI is InChI=1S/C25H30N2O6/c1-15(2)21(12-23(28)29)26-24(30)22(14-32-3)27-25(31)33-13-20-18-10-6-4-8-16(18)17-9-5-7-11-19(17)20/h4-11,15,20-22H,12-14H2,1-3H3,(H,26,30)(H,27,31)(H,28,29)/t21?,22-/m0/s1. The molecular formula is C25H30N2O6. The molecule has 0 saturated heterocycles. The monoisotopic (exact) mass is 454 g/mol. The Hall–Kier alpha value is -3.39. The number of rotatable bonds is 10. The molecular weight excluding hydrogens is 424 g/mol. The molecule has 3 rings (SSSR count). The van der Waals surface area contributed by atoms with Crippen LogP contribution in [0.25, 0.3) is 11.1 Å². The third-order valence-electron chi connectivity index (χ3n) is 5.81. The Kier molecular flexibility index (Phi) is 8.06. The summed E-state index contributed by atoms with van der Waals surface area (Å²) in [6, 6.07) is 14.4. The molecule has 0 aliphatic heterocycles. The fourth-order valence-corrected chi connectivity index (χ4v) is 4.06. The van der Waals surface area contributed by atoms with E-state index in [9.17, 15) is 14.4 Å². The molecule has 8 nitrogen and oxygen atoms in total. The largest absolute Gasteiger partial charge is 0.481 e. The van der Waals surface area contributed by atoms with Gasteiger partial charge >= 0.3 is 12.1 Å². The number of aliphatic carboxylic acids is 1. The maximum Gasteiger partial charge on any atom is 0.407 e. The molecule has 1 aliphatic rings. The number of fused-ring (bicyclic) bond motifs is 3. The minimum atomic E-state index is -1.01. The van der Waals surface area contributed by atoms with E-state index in [1.54, 1.807) is 0 Å². The second-order valence-electron chi connectivity index (χ2n) is 8.43. The highest BCUT2D eigenvalue weighted by atomic mass is 16.5. The number of nitrogens with one attached hydrogen (secondary N) is 2. The number of carboxylic acid groups (broad SMARTS) is 1. The van der Waals surface area contributed by atoms with Gasteiger partial charge in [0, 0.05) is 19.1 Å². The van der Waals surface area contributed by atoms with Gasteiger partial charge in [0.2, 0.25) is 5.91 Å². The van der Waals surface area contributed by atoms with Crippen molar-refractivity contribution in [2.75, 3.05) is 20.3 Å². The lowest BCUT2D eigenvalue weighted by atomic mass is 9.98. The molecule has 2 aromatic carbocycles. The van der Waals surface area contributed by atoms with Gasteiger partial charge in [-0.3, -0.25) is 9.59 Å². The Bertz CT molecular complexity index is 960. The molecule has 0 heterocycles. The number of carboxylic acids is 1. The summed E-state index contributed by atoms with van der Waals surface area (Å²) >= 11 is 0. The summed E-state index contributed by atoms with van der Waals surface area (Å²) in [5, 5.41) is 14.3. The van der Waals surface area contributed by atoms with E-state index in [2.05, 4.69) is 22.8 Å². The maximum absolute atomic E-state index is 12.7. The van der Waals surface area contributed by atoms with Crippen LogP contribution in [0.5, 0.6) is 0 Å². The molecule has 176 valence electrons. The van der Waals surface area contributed by atoms with Crippen LogP contribution in [0.3, 0.4) is 0 Å². The lowest BCUT2D eigenvalue weighted by molar-refractivity contribution is -0.138. The van der Waals surface area contributed by atoms with Crippen LogP contribution < -0.4 is 10.6 Å². The van der Waals surface area contributed by atoms with Crippen molar-refractivity contribution in [1.29, 1.82) is 0 Å². The van der Waals surface area contributed by atoms with Crippen molar-refractivity contribution >= 4 is 18.0 Å². The highest BCUT2D eigenvalue weighted by Crippen LogP contribution is 2.44. The SMILES string of the molecule is COC[C@H](NC(=O)OCC1c2ccccc2-c2ccccc21)C(=O)NC(CC(=O)O)C(C)C. The number of hydrogen-bond acceptors (Lipinski definition) is 5. The first-order chi connectivity index (χ1) is 15.8. The van der Waals surface area contributed by atoms with Crippen LogP contribution in [0.15, 0.2) is 48.5 Å². The van der Waals surface area contributed by atoms with Gasteiger partial charge in [0.25, 0.3) is 0 Å². The van der Waals surface area contributed by atoms with Crippen LogP contribution in [0.2, 0.25) is 0 Å². The predicted octanol–water partition coefficient (Wildman–Crippen LogP) is 3.16. The molecule has 0 aromatic heterocycles. The zero-order valence-electron chi connectivity index (χ0n) is 19.0. The van der Waals surface area contributed by atoms with Crippen LogP contribution in [-0.4, -0.2) is 55.5 Å². The maximum atomic E-state index is 12.7. The molecule has 0 saturated carbocycles. The summed E-state index contributed by atoms with van der Waals surface area (Å²) in [4.78, 5) is 36.3. The molecule has 2 aromatic rings. The molecule has 1 aliphatic carbocycles. The number of methoxy groups -OCH3 is 1. The van der Waals surface area contributed by atoms with Crippen LogP contribution in [0.4, 0.5) is 4.79 Å². The quantitative estimate of drug-likeness (QED) is 0.508. The number of carbonyl (C=O) groups is 3. The molecule has 3 N–H and O–H groups in total. The van der Waals surface area contributed by atoms with E-state index in [1.807, 2.05) is 50.2 Å². The van der Waals surface area contributed by atoms with E-state index in [0.717, 1.165) is 22.3 Å². The Morgan fingerprint density at radius 3 is 2.06 bits per heavy atom. The number of carbonyl (C=O) groups excluding carboxylic acids is 2. The first-order valence-electron chi connectivity index (χ1n) is 10.9. The molecule has 33 heavy (non-hydrogen) atoms. The highest BCUT2D eigenvalue weighted by Gasteiger charge is 2.30. The molecule has 2 atom stereocenters. The third-order valence-corrected chi connectivity index (χ3v) is 5.81. The lowest BCUT2D eigenvalue weighted by Gasteiger charge is -2.24. The summed E-state index contributed by atoms with van der Waals surface area (Å²) in [5.41, 5.74) is 4.42. The van der Waals surface area contributed by atoms with Gasteiger partial charge in [-0.05, 0) is 28.2 Å². The smallest absolute Gasteiger partial charge is 0.407 e. The fourth-order valence-electron chi connectivity index (χ4n) is 4.06. The second-order valence-corrected chi connectivity index (χ2v) is 8.43. The molecule has 1 unspecified atom stereocenters. The van der Waals surface area contributed by atoms with Gasteiger partial charge in [0.15, 0.2) is 0 Å². The number of amides is 2. The summed E-state index contributed by atoms with van der Waals surface area (Å²) in [5.74, 6) is -1.73. The van der Waals surface area contributed by atoms with Crippen molar-refractivity contribution < 1.29 is 29.0 Å². The first kappa shape index (κ1) is 24.3. The number of alkyl carbamates (subject to hydrolysis) is 1. The number of benzene rings is 2. The predicted molar refractivity (Wildman–Crippen MR) is 123 cm³/mol. The van der Waals surface area contributed by atoms with Gasteiger partial charge in [0.1, 0.15) is 12.6 Å². The average Bonchev–Trinajstić information content (AvgIpc) is 3.10. The summed E-state index contributed by atoms with van der Waals surface area (Å²) in [6.07, 6.45) is -0.956. The Morgan fingerprint density at radius 1 is 0.970 bits per heavy atom. The summed E-state index contributed by atoms with van der Waals surface area (Å²) in [7, 11) is 1.41. The highest BCUT2D eigenvalue weighted by molar-refractivity contribution is 5.86. The molecule has 0 bridgehead atoms. The topological polar surface area (TPSA) is 114 Å². The normalized spacial score (nSPS) is 14.2. The summed E-state index contributed by atoms with van der Waals surface area (Å²) in [6.45, 7) is 3.68. The Morgan fingerprint density at radius 2 is 1.55 bits per heavy atom. The molecule has 2 amide bonds. The van der Waals surface area contributed by atoms with Crippen LogP contribution in [0.1, 0.15) is 37.3 Å². The van der Waals surface area contributed by atoms with E-state index in [4.69, 9.17) is 14.6 Å². The van der Waals surface area contributed by atoms with Gasteiger partial charge in [0.05, 0.1) is 13.0 Å². The zero-order valence-corrected chi connectivity index (χ0v) is 19.0. The third kappa shape index (κ3) is 5.90. The van der Waals surface area contributed by atoms with Gasteiger partial charge < -0.3 is 25.2 Å². The van der Waals surface area contributed by atoms with Crippen molar-refractivity contribution in [3.8, 4) is 11.1 Å². The fraction of sp³-hybridized carbons (Fsp3) is 0.400. The van der Waals surface area contributed by atoms with E-state index in [-0.39, 0.29) is 31.5 Å². The van der Waals surface area contributed by atoms with Crippen molar-refractivity contribution in [1.82, 2.24) is 10.6 Å². The number of hydrogen-bond donors (Lipinski definition) is 3. The molecule has 0 radical (unpaired) electrons.